The van der Waals surface area contributed by atoms with Gasteiger partial charge in [0.25, 0.3) is 0 Å². The molecule has 2 aromatic rings. The predicted octanol–water partition coefficient (Wildman–Crippen LogP) is 2.53. The topological polar surface area (TPSA) is 61.5 Å². The van der Waals surface area contributed by atoms with Crippen LogP contribution in [0.15, 0.2) is 23.4 Å². The van der Waals surface area contributed by atoms with Crippen molar-refractivity contribution in [3.8, 4) is 0 Å². The van der Waals surface area contributed by atoms with E-state index in [1.54, 1.807) is 7.11 Å². The first kappa shape index (κ1) is 18.8. The number of hydrogen-bond acceptors (Lipinski definition) is 5. The van der Waals surface area contributed by atoms with Crippen LogP contribution in [0.1, 0.15) is 18.4 Å². The van der Waals surface area contributed by atoms with Gasteiger partial charge in [-0.25, -0.2) is 4.98 Å². The molecule has 5 rings (SSSR count). The second kappa shape index (κ2) is 8.20. The molecule has 27 heavy (non-hydrogen) atoms. The second-order valence-corrected chi connectivity index (χ2v) is 8.70. The van der Waals surface area contributed by atoms with Gasteiger partial charge in [-0.05, 0) is 43.4 Å². The van der Waals surface area contributed by atoms with E-state index < -0.39 is 0 Å². The normalized spacial score (nSPS) is 23.1. The van der Waals surface area contributed by atoms with Gasteiger partial charge in [0.1, 0.15) is 0 Å². The Morgan fingerprint density at radius 2 is 2.22 bits per heavy atom. The molecule has 0 saturated carbocycles. The number of benzene rings is 1. The standard InChI is InChI=1S/C20H28N4O2S/c1-14-3-6-17-18(9-14)22-20(21-17)27-13-19(25)24-11-15-4-5-16(12-24)23(10-15)7-8-26-2/h3,6,9,15-16H,4-5,7-8,10-13H2,1-2H3,(H,21,22)/t15-,16-/m0/s1. The van der Waals surface area contributed by atoms with Crippen LogP contribution in [0.4, 0.5) is 0 Å². The molecule has 0 unspecified atom stereocenters. The van der Waals surface area contributed by atoms with E-state index in [0.717, 1.165) is 49.0 Å². The molecule has 1 aromatic heterocycles. The molecular weight excluding hydrogens is 360 g/mol. The fraction of sp³-hybridized carbons (Fsp3) is 0.600. The summed E-state index contributed by atoms with van der Waals surface area (Å²) in [4.78, 5) is 25.4. The number of methoxy groups -OCH3 is 1. The average molecular weight is 389 g/mol. The van der Waals surface area contributed by atoms with Crippen molar-refractivity contribution < 1.29 is 9.53 Å². The van der Waals surface area contributed by atoms with E-state index in [1.807, 2.05) is 6.07 Å². The average Bonchev–Trinajstić information content (AvgIpc) is 2.84. The molecule has 3 fully saturated rings. The highest BCUT2D eigenvalue weighted by Gasteiger charge is 2.36. The van der Waals surface area contributed by atoms with Crippen molar-refractivity contribution in [1.29, 1.82) is 0 Å². The quantitative estimate of drug-likeness (QED) is 0.771. The van der Waals surface area contributed by atoms with E-state index in [1.165, 1.54) is 30.2 Å². The van der Waals surface area contributed by atoms with Gasteiger partial charge in [-0.2, -0.15) is 0 Å². The van der Waals surface area contributed by atoms with E-state index in [2.05, 4.69) is 38.8 Å². The van der Waals surface area contributed by atoms with E-state index >= 15 is 0 Å². The largest absolute Gasteiger partial charge is 0.383 e. The van der Waals surface area contributed by atoms with Crippen molar-refractivity contribution in [3.63, 3.8) is 0 Å². The van der Waals surface area contributed by atoms with Gasteiger partial charge < -0.3 is 14.6 Å². The third-order valence-corrected chi connectivity index (χ3v) is 6.57. The molecule has 6 nitrogen and oxygen atoms in total. The van der Waals surface area contributed by atoms with Gasteiger partial charge in [-0.3, -0.25) is 9.69 Å². The van der Waals surface area contributed by atoms with E-state index in [4.69, 9.17) is 4.74 Å². The van der Waals surface area contributed by atoms with Gasteiger partial charge in [-0.15, -0.1) is 0 Å². The molecule has 4 heterocycles. The number of ether oxygens (including phenoxy) is 1. The summed E-state index contributed by atoms with van der Waals surface area (Å²) in [5.74, 6) is 1.25. The Bertz CT molecular complexity index is 808. The second-order valence-electron chi connectivity index (χ2n) is 7.73. The molecular formula is C20H28N4O2S. The molecule has 3 aliphatic rings. The maximum Gasteiger partial charge on any atom is 0.233 e. The number of nitrogens with zero attached hydrogens (tertiary/aromatic N) is 3. The van der Waals surface area contributed by atoms with Crippen molar-refractivity contribution in [2.75, 3.05) is 45.6 Å². The molecule has 0 radical (unpaired) electrons. The van der Waals surface area contributed by atoms with Crippen LogP contribution in [0.5, 0.6) is 0 Å². The Kier molecular flexibility index (Phi) is 5.71. The summed E-state index contributed by atoms with van der Waals surface area (Å²) in [7, 11) is 1.75. The number of fused-ring (bicyclic) bond motifs is 5. The van der Waals surface area contributed by atoms with Crippen molar-refractivity contribution in [3.05, 3.63) is 23.8 Å². The lowest BCUT2D eigenvalue weighted by molar-refractivity contribution is -0.128. The smallest absolute Gasteiger partial charge is 0.233 e. The number of amides is 1. The molecule has 0 spiro atoms. The fourth-order valence-electron chi connectivity index (χ4n) is 4.25. The maximum atomic E-state index is 12.9. The first-order chi connectivity index (χ1) is 13.1. The zero-order valence-corrected chi connectivity index (χ0v) is 16.9. The molecule has 3 saturated heterocycles. The van der Waals surface area contributed by atoms with Gasteiger partial charge in [0, 0.05) is 39.3 Å². The Morgan fingerprint density at radius 1 is 1.33 bits per heavy atom. The van der Waals surface area contributed by atoms with Gasteiger partial charge in [0.05, 0.1) is 23.4 Å². The number of aromatic nitrogens is 2. The van der Waals surface area contributed by atoms with Crippen molar-refractivity contribution >= 4 is 28.7 Å². The number of imidazole rings is 1. The van der Waals surface area contributed by atoms with Crippen molar-refractivity contribution in [2.24, 2.45) is 5.92 Å². The molecule has 1 N–H and O–H groups in total. The lowest BCUT2D eigenvalue weighted by Crippen LogP contribution is -2.45. The zero-order valence-electron chi connectivity index (χ0n) is 16.1. The number of H-pyrrole nitrogens is 1. The molecule has 2 bridgehead atoms. The highest BCUT2D eigenvalue weighted by Crippen LogP contribution is 2.28. The highest BCUT2D eigenvalue weighted by atomic mass is 32.2. The zero-order chi connectivity index (χ0) is 18.8. The van der Waals surface area contributed by atoms with E-state index in [9.17, 15) is 4.79 Å². The lowest BCUT2D eigenvalue weighted by Gasteiger charge is -2.35. The number of hydrogen-bond donors (Lipinski definition) is 1. The minimum absolute atomic E-state index is 0.224. The van der Waals surface area contributed by atoms with E-state index in [0.29, 0.717) is 17.7 Å². The number of aryl methyl sites for hydroxylation is 1. The molecule has 3 aliphatic heterocycles. The summed E-state index contributed by atoms with van der Waals surface area (Å²) < 4.78 is 5.25. The first-order valence-electron chi connectivity index (χ1n) is 9.72. The van der Waals surface area contributed by atoms with E-state index in [-0.39, 0.29) is 5.91 Å². The van der Waals surface area contributed by atoms with Crippen LogP contribution < -0.4 is 0 Å². The number of nitrogens with one attached hydrogen (secondary N) is 1. The summed E-state index contributed by atoms with van der Waals surface area (Å²) in [5, 5.41) is 0.823. The minimum atomic E-state index is 0.224. The number of thioether (sulfide) groups is 1. The van der Waals surface area contributed by atoms with Gasteiger partial charge in [-0.1, -0.05) is 17.8 Å². The Morgan fingerprint density at radius 3 is 3.07 bits per heavy atom. The number of carbonyl (C=O) groups is 1. The first-order valence-corrected chi connectivity index (χ1v) is 10.7. The van der Waals surface area contributed by atoms with Crippen LogP contribution in [0.25, 0.3) is 11.0 Å². The van der Waals surface area contributed by atoms with Crippen LogP contribution in [0.3, 0.4) is 0 Å². The third-order valence-electron chi connectivity index (χ3n) is 5.71. The molecule has 1 aromatic carbocycles. The molecule has 1 amide bonds. The summed E-state index contributed by atoms with van der Waals surface area (Å²) in [5.41, 5.74) is 3.19. The van der Waals surface area contributed by atoms with Gasteiger partial charge >= 0.3 is 0 Å². The SMILES string of the molecule is COCCN1C[C@@H]2CC[C@H]1CN(C(=O)CSc1nc3ccc(C)cc3[nH]1)C2. The maximum absolute atomic E-state index is 12.9. The summed E-state index contributed by atoms with van der Waals surface area (Å²) >= 11 is 1.51. The summed E-state index contributed by atoms with van der Waals surface area (Å²) in [6.45, 7) is 6.62. The third kappa shape index (κ3) is 4.31. The fourth-order valence-corrected chi connectivity index (χ4v) is 5.04. The Labute approximate surface area is 164 Å². The Balaban J connectivity index is 1.36. The monoisotopic (exact) mass is 388 g/mol. The predicted molar refractivity (Wildman–Crippen MR) is 108 cm³/mol. The van der Waals surface area contributed by atoms with Crippen molar-refractivity contribution in [1.82, 2.24) is 19.8 Å². The minimum Gasteiger partial charge on any atom is -0.383 e. The molecule has 146 valence electrons. The number of rotatable bonds is 6. The number of piperidine rings is 1. The summed E-state index contributed by atoms with van der Waals surface area (Å²) in [6.07, 6.45) is 2.42. The number of aromatic amines is 1. The Hall–Kier alpha value is -1.57. The highest BCUT2D eigenvalue weighted by molar-refractivity contribution is 7.99. The molecule has 0 aliphatic carbocycles. The van der Waals surface area contributed by atoms with Crippen LogP contribution in [-0.2, 0) is 9.53 Å². The lowest BCUT2D eigenvalue weighted by atomic mass is 9.95. The molecule has 2 atom stereocenters. The van der Waals surface area contributed by atoms with Crippen LogP contribution in [0.2, 0.25) is 0 Å². The van der Waals surface area contributed by atoms with Crippen LogP contribution in [0, 0.1) is 12.8 Å². The van der Waals surface area contributed by atoms with Crippen LogP contribution in [-0.4, -0.2) is 77.4 Å². The van der Waals surface area contributed by atoms with Gasteiger partial charge in [0.15, 0.2) is 5.16 Å². The van der Waals surface area contributed by atoms with Crippen molar-refractivity contribution in [2.45, 2.75) is 31.0 Å². The van der Waals surface area contributed by atoms with Gasteiger partial charge in [0.2, 0.25) is 5.91 Å². The van der Waals surface area contributed by atoms with Crippen LogP contribution >= 0.6 is 11.8 Å². The summed E-state index contributed by atoms with van der Waals surface area (Å²) in [6, 6.07) is 6.65. The molecule has 7 heteroatoms. The number of carbonyl (C=O) groups excluding carboxylic acids is 1.